The zero-order valence-electron chi connectivity index (χ0n) is 13.6. The largest absolute Gasteiger partial charge is 0.268 e. The van der Waals surface area contributed by atoms with Crippen LogP contribution >= 0.6 is 23.1 Å². The molecule has 0 aliphatic heterocycles. The first kappa shape index (κ1) is 16.1. The molecule has 2 aromatic heterocycles. The van der Waals surface area contributed by atoms with E-state index in [0.717, 1.165) is 15.7 Å². The lowest BCUT2D eigenvalue weighted by Gasteiger charge is -2.16. The summed E-state index contributed by atoms with van der Waals surface area (Å²) in [6.45, 7) is 2.14. The highest BCUT2D eigenvalue weighted by molar-refractivity contribution is 7.99. The van der Waals surface area contributed by atoms with Gasteiger partial charge in [-0.15, -0.1) is 11.3 Å². The van der Waals surface area contributed by atoms with E-state index in [4.69, 9.17) is 4.98 Å². The molecule has 0 saturated heterocycles. The Morgan fingerprint density at radius 3 is 2.40 bits per heavy atom. The van der Waals surface area contributed by atoms with E-state index in [9.17, 15) is 4.79 Å². The summed E-state index contributed by atoms with van der Waals surface area (Å²) in [6, 6.07) is 21.9. The summed E-state index contributed by atoms with van der Waals surface area (Å²) in [5.74, 6) is 0. The zero-order valence-corrected chi connectivity index (χ0v) is 15.3. The van der Waals surface area contributed by atoms with Gasteiger partial charge in [-0.25, -0.2) is 4.98 Å². The number of aromatic nitrogens is 2. The fraction of sp³-hybridized carbons (Fsp3) is 0.100. The Morgan fingerprint density at radius 2 is 1.68 bits per heavy atom. The Hall–Kier alpha value is -2.37. The van der Waals surface area contributed by atoms with Crippen LogP contribution in [0.4, 0.5) is 0 Å². The average Bonchev–Trinajstić information content (AvgIpc) is 3.12. The van der Waals surface area contributed by atoms with Crippen molar-refractivity contribution in [3.8, 4) is 5.69 Å². The molecule has 124 valence electrons. The van der Waals surface area contributed by atoms with Crippen LogP contribution in [0.2, 0.25) is 0 Å². The van der Waals surface area contributed by atoms with Crippen LogP contribution in [0, 0.1) is 0 Å². The van der Waals surface area contributed by atoms with Crippen LogP contribution < -0.4 is 5.56 Å². The number of benzene rings is 2. The molecule has 0 aliphatic carbocycles. The summed E-state index contributed by atoms with van der Waals surface area (Å²) in [6.07, 6.45) is 0. The topological polar surface area (TPSA) is 34.9 Å². The van der Waals surface area contributed by atoms with Crippen LogP contribution in [-0.4, -0.2) is 9.55 Å². The summed E-state index contributed by atoms with van der Waals surface area (Å²) in [5.41, 5.74) is 2.05. The van der Waals surface area contributed by atoms with Crippen molar-refractivity contribution in [1.82, 2.24) is 9.55 Å². The number of nitrogens with zero attached hydrogens (tertiary/aromatic N) is 2. The van der Waals surface area contributed by atoms with Crippen LogP contribution in [0.25, 0.3) is 15.9 Å². The fourth-order valence-corrected chi connectivity index (χ4v) is 4.59. The molecule has 2 heterocycles. The maximum absolute atomic E-state index is 13.0. The molecule has 0 amide bonds. The van der Waals surface area contributed by atoms with Crippen LogP contribution in [0.15, 0.2) is 82.1 Å². The van der Waals surface area contributed by atoms with Crippen LogP contribution in [0.1, 0.15) is 17.7 Å². The van der Waals surface area contributed by atoms with E-state index >= 15 is 0 Å². The van der Waals surface area contributed by atoms with Gasteiger partial charge in [-0.05, 0) is 36.1 Å². The van der Waals surface area contributed by atoms with Crippen molar-refractivity contribution in [2.24, 2.45) is 0 Å². The quantitative estimate of drug-likeness (QED) is 0.364. The molecule has 0 aliphatic rings. The molecule has 0 spiro atoms. The van der Waals surface area contributed by atoms with Gasteiger partial charge in [0.25, 0.3) is 5.56 Å². The van der Waals surface area contributed by atoms with E-state index < -0.39 is 0 Å². The lowest BCUT2D eigenvalue weighted by molar-refractivity contribution is 0.818. The van der Waals surface area contributed by atoms with Crippen molar-refractivity contribution in [1.29, 1.82) is 0 Å². The van der Waals surface area contributed by atoms with Gasteiger partial charge in [0.1, 0.15) is 4.83 Å². The Labute approximate surface area is 154 Å². The standard InChI is InChI=1S/C20H16N2OS2/c1-14(15-8-4-2-5-9-15)25-20-21-18-17(12-13-24-18)19(23)22(20)16-10-6-3-7-11-16/h2-14H,1H3/t14-/m0/s1. The first-order chi connectivity index (χ1) is 12.2. The third-order valence-electron chi connectivity index (χ3n) is 4.03. The Morgan fingerprint density at radius 1 is 1.00 bits per heavy atom. The molecule has 0 saturated carbocycles. The molecule has 5 heteroatoms. The normalized spacial score (nSPS) is 12.4. The van der Waals surface area contributed by atoms with Gasteiger partial charge in [-0.3, -0.25) is 9.36 Å². The van der Waals surface area contributed by atoms with Gasteiger partial charge in [0.05, 0.1) is 11.1 Å². The van der Waals surface area contributed by atoms with Crippen LogP contribution in [0.5, 0.6) is 0 Å². The summed E-state index contributed by atoms with van der Waals surface area (Å²) in [7, 11) is 0. The highest BCUT2D eigenvalue weighted by Crippen LogP contribution is 2.35. The Bertz CT molecular complexity index is 1060. The lowest BCUT2D eigenvalue weighted by Crippen LogP contribution is -2.21. The van der Waals surface area contributed by atoms with E-state index in [0.29, 0.717) is 5.39 Å². The number of hydrogen-bond acceptors (Lipinski definition) is 4. The summed E-state index contributed by atoms with van der Waals surface area (Å²) < 4.78 is 1.72. The summed E-state index contributed by atoms with van der Waals surface area (Å²) in [5, 5.41) is 3.51. The highest BCUT2D eigenvalue weighted by Gasteiger charge is 2.17. The summed E-state index contributed by atoms with van der Waals surface area (Å²) in [4.78, 5) is 18.6. The molecule has 0 N–H and O–H groups in total. The van der Waals surface area contributed by atoms with Gasteiger partial charge in [0.15, 0.2) is 5.16 Å². The SMILES string of the molecule is C[C@H](Sc1nc2sccc2c(=O)n1-c1ccccc1)c1ccccc1. The van der Waals surface area contributed by atoms with Gasteiger partial charge in [-0.1, -0.05) is 60.3 Å². The monoisotopic (exact) mass is 364 g/mol. The smallest absolute Gasteiger partial charge is 0.267 e. The average molecular weight is 364 g/mol. The molecule has 3 nitrogen and oxygen atoms in total. The number of rotatable bonds is 4. The lowest BCUT2D eigenvalue weighted by atomic mass is 10.2. The van der Waals surface area contributed by atoms with Crippen molar-refractivity contribution in [3.05, 3.63) is 88.0 Å². The maximum atomic E-state index is 13.0. The van der Waals surface area contributed by atoms with Crippen molar-refractivity contribution in [3.63, 3.8) is 0 Å². The van der Waals surface area contributed by atoms with Crippen LogP contribution in [0.3, 0.4) is 0 Å². The van der Waals surface area contributed by atoms with Gasteiger partial charge < -0.3 is 0 Å². The minimum absolute atomic E-state index is 0.0137. The third kappa shape index (κ3) is 3.13. The molecule has 1 atom stereocenters. The molecule has 0 radical (unpaired) electrons. The Balaban J connectivity index is 1.86. The van der Waals surface area contributed by atoms with E-state index in [1.54, 1.807) is 16.3 Å². The second kappa shape index (κ2) is 6.86. The first-order valence-electron chi connectivity index (χ1n) is 8.01. The fourth-order valence-electron chi connectivity index (χ4n) is 2.73. The second-order valence-electron chi connectivity index (χ2n) is 5.68. The maximum Gasteiger partial charge on any atom is 0.267 e. The van der Waals surface area contributed by atoms with Crippen LogP contribution in [-0.2, 0) is 0 Å². The van der Waals surface area contributed by atoms with Gasteiger partial charge in [0, 0.05) is 5.25 Å². The van der Waals surface area contributed by atoms with Gasteiger partial charge in [0.2, 0.25) is 0 Å². The number of thiophene rings is 1. The number of hydrogen-bond donors (Lipinski definition) is 0. The van der Waals surface area contributed by atoms with E-state index in [1.165, 1.54) is 16.9 Å². The number of thioether (sulfide) groups is 1. The minimum atomic E-state index is -0.0137. The van der Waals surface area contributed by atoms with Gasteiger partial charge in [-0.2, -0.15) is 0 Å². The molecule has 2 aromatic carbocycles. The number of fused-ring (bicyclic) bond motifs is 1. The summed E-state index contributed by atoms with van der Waals surface area (Å²) >= 11 is 3.11. The first-order valence-corrected chi connectivity index (χ1v) is 9.77. The van der Waals surface area contributed by atoms with Crippen molar-refractivity contribution < 1.29 is 0 Å². The molecule has 25 heavy (non-hydrogen) atoms. The Kier molecular flexibility index (Phi) is 4.42. The van der Waals surface area contributed by atoms with E-state index in [2.05, 4.69) is 19.1 Å². The predicted molar refractivity (Wildman–Crippen MR) is 106 cm³/mol. The minimum Gasteiger partial charge on any atom is -0.268 e. The third-order valence-corrected chi connectivity index (χ3v) is 5.95. The molecule has 0 unspecified atom stereocenters. The zero-order chi connectivity index (χ0) is 17.2. The molecule has 0 bridgehead atoms. The second-order valence-corrected chi connectivity index (χ2v) is 7.88. The molecular weight excluding hydrogens is 348 g/mol. The van der Waals surface area contributed by atoms with E-state index in [-0.39, 0.29) is 10.8 Å². The van der Waals surface area contributed by atoms with Crippen molar-refractivity contribution in [2.75, 3.05) is 0 Å². The van der Waals surface area contributed by atoms with Gasteiger partial charge >= 0.3 is 0 Å². The highest BCUT2D eigenvalue weighted by atomic mass is 32.2. The van der Waals surface area contributed by atoms with E-state index in [1.807, 2.05) is 60.0 Å². The predicted octanol–water partition coefficient (Wildman–Crippen LogP) is 5.30. The van der Waals surface area contributed by atoms with Crippen molar-refractivity contribution >= 4 is 33.3 Å². The molecular formula is C20H16N2OS2. The van der Waals surface area contributed by atoms with Crippen molar-refractivity contribution in [2.45, 2.75) is 17.3 Å². The molecule has 4 aromatic rings. The number of para-hydroxylation sites is 1. The molecule has 0 fully saturated rings. The molecule has 4 rings (SSSR count).